The Morgan fingerprint density at radius 3 is 2.38 bits per heavy atom. The molecular formula is C13H11BrN4O2S. The van der Waals surface area contributed by atoms with E-state index in [0.29, 0.717) is 16.9 Å². The van der Waals surface area contributed by atoms with Crippen LogP contribution in [0.1, 0.15) is 5.56 Å². The number of nitrogens with one attached hydrogen (secondary N) is 1. The van der Waals surface area contributed by atoms with Crippen molar-refractivity contribution < 1.29 is 8.42 Å². The highest BCUT2D eigenvalue weighted by Gasteiger charge is 2.11. The molecule has 0 radical (unpaired) electrons. The summed E-state index contributed by atoms with van der Waals surface area (Å²) < 4.78 is 23.3. The molecule has 0 aliphatic carbocycles. The van der Waals surface area contributed by atoms with E-state index >= 15 is 0 Å². The number of anilines is 3. The molecule has 0 bridgehead atoms. The normalized spacial score (nSPS) is 10.9. The molecule has 2 rings (SSSR count). The number of hydrogen-bond acceptors (Lipinski definition) is 5. The minimum absolute atomic E-state index is 0.0677. The molecular weight excluding hydrogens is 356 g/mol. The fourth-order valence-corrected chi connectivity index (χ4v) is 2.60. The molecule has 0 atom stereocenters. The maximum atomic E-state index is 11.2. The van der Waals surface area contributed by atoms with Crippen LogP contribution in [0.5, 0.6) is 0 Å². The zero-order valence-electron chi connectivity index (χ0n) is 10.7. The first-order valence-corrected chi connectivity index (χ1v) is 8.04. The van der Waals surface area contributed by atoms with Crippen molar-refractivity contribution in [2.75, 3.05) is 11.1 Å². The first-order valence-electron chi connectivity index (χ1n) is 5.70. The van der Waals surface area contributed by atoms with Crippen LogP contribution in [0.2, 0.25) is 0 Å². The van der Waals surface area contributed by atoms with Crippen LogP contribution in [-0.4, -0.2) is 8.42 Å². The van der Waals surface area contributed by atoms with Gasteiger partial charge in [-0.15, -0.1) is 0 Å². The van der Waals surface area contributed by atoms with Gasteiger partial charge in [0.25, 0.3) is 0 Å². The predicted molar refractivity (Wildman–Crippen MR) is 84.4 cm³/mol. The number of nitrogens with two attached hydrogens (primary N) is 2. The van der Waals surface area contributed by atoms with E-state index in [4.69, 9.17) is 16.1 Å². The molecule has 0 unspecified atom stereocenters. The summed E-state index contributed by atoms with van der Waals surface area (Å²) in [7, 11) is -3.80. The highest BCUT2D eigenvalue weighted by Crippen LogP contribution is 2.28. The van der Waals surface area contributed by atoms with E-state index in [1.807, 2.05) is 0 Å². The average Bonchev–Trinajstić information content (AvgIpc) is 2.41. The number of hydrogen-bond donors (Lipinski definition) is 3. The van der Waals surface area contributed by atoms with E-state index in [1.54, 1.807) is 18.2 Å². The van der Waals surface area contributed by atoms with Gasteiger partial charge in [0.2, 0.25) is 10.0 Å². The zero-order valence-corrected chi connectivity index (χ0v) is 13.1. The highest BCUT2D eigenvalue weighted by molar-refractivity contribution is 9.10. The number of nitrogen functional groups attached to an aromatic ring is 1. The molecule has 6 nitrogen and oxygen atoms in total. The van der Waals surface area contributed by atoms with Crippen LogP contribution < -0.4 is 16.2 Å². The van der Waals surface area contributed by atoms with Gasteiger partial charge in [-0.2, -0.15) is 5.26 Å². The van der Waals surface area contributed by atoms with Gasteiger partial charge >= 0.3 is 0 Å². The number of primary sulfonamides is 1. The molecule has 0 saturated carbocycles. The van der Waals surface area contributed by atoms with E-state index in [0.717, 1.165) is 4.47 Å². The fraction of sp³-hybridized carbons (Fsp3) is 0. The molecule has 0 aliphatic heterocycles. The Bertz CT molecular complexity index is 844. The Morgan fingerprint density at radius 1 is 1.14 bits per heavy atom. The van der Waals surface area contributed by atoms with Crippen LogP contribution in [0, 0.1) is 11.3 Å². The number of nitriles is 1. The summed E-state index contributed by atoms with van der Waals surface area (Å²) >= 11 is 3.28. The van der Waals surface area contributed by atoms with Gasteiger partial charge in [0, 0.05) is 4.47 Å². The van der Waals surface area contributed by atoms with E-state index < -0.39 is 10.0 Å². The van der Waals surface area contributed by atoms with Gasteiger partial charge in [-0.1, -0.05) is 15.9 Å². The third kappa shape index (κ3) is 3.52. The molecule has 0 aliphatic rings. The maximum absolute atomic E-state index is 11.2. The molecule has 0 saturated heterocycles. The second-order valence-corrected chi connectivity index (χ2v) is 6.70. The second-order valence-electron chi connectivity index (χ2n) is 4.22. The summed E-state index contributed by atoms with van der Waals surface area (Å²) in [5, 5.41) is 17.1. The van der Waals surface area contributed by atoms with Crippen molar-refractivity contribution in [1.82, 2.24) is 0 Å². The highest BCUT2D eigenvalue weighted by atomic mass is 79.9. The summed E-state index contributed by atoms with van der Waals surface area (Å²) in [4.78, 5) is -0.0677. The average molecular weight is 367 g/mol. The van der Waals surface area contributed by atoms with Crippen molar-refractivity contribution in [3.63, 3.8) is 0 Å². The van der Waals surface area contributed by atoms with E-state index in [-0.39, 0.29) is 10.6 Å². The maximum Gasteiger partial charge on any atom is 0.238 e. The topological polar surface area (TPSA) is 122 Å². The zero-order chi connectivity index (χ0) is 15.6. The molecule has 2 aromatic rings. The smallest absolute Gasteiger partial charge is 0.238 e. The Morgan fingerprint density at radius 2 is 1.81 bits per heavy atom. The molecule has 0 amide bonds. The molecule has 0 spiro atoms. The Hall–Kier alpha value is -2.08. The van der Waals surface area contributed by atoms with Crippen LogP contribution >= 0.6 is 15.9 Å². The molecule has 5 N–H and O–H groups in total. The molecule has 2 aromatic carbocycles. The number of rotatable bonds is 3. The van der Waals surface area contributed by atoms with Gasteiger partial charge < -0.3 is 11.1 Å². The number of halogens is 1. The lowest BCUT2D eigenvalue weighted by molar-refractivity contribution is 0.598. The monoisotopic (exact) mass is 366 g/mol. The number of sulfonamides is 1. The van der Waals surface area contributed by atoms with Gasteiger partial charge in [-0.05, 0) is 36.4 Å². The summed E-state index contributed by atoms with van der Waals surface area (Å²) in [6.45, 7) is 0. The van der Waals surface area contributed by atoms with E-state index in [1.165, 1.54) is 18.2 Å². The summed E-state index contributed by atoms with van der Waals surface area (Å²) in [5.74, 6) is 0. The van der Waals surface area contributed by atoms with Crippen molar-refractivity contribution in [2.45, 2.75) is 4.90 Å². The Kier molecular flexibility index (Phi) is 4.18. The molecule has 0 heterocycles. The second kappa shape index (κ2) is 5.73. The first kappa shape index (κ1) is 15.3. The van der Waals surface area contributed by atoms with Crippen molar-refractivity contribution in [3.8, 4) is 6.07 Å². The third-order valence-electron chi connectivity index (χ3n) is 2.72. The lowest BCUT2D eigenvalue weighted by atomic mass is 10.2. The van der Waals surface area contributed by atoms with Crippen molar-refractivity contribution in [1.29, 1.82) is 5.26 Å². The van der Waals surface area contributed by atoms with Crippen LogP contribution in [0.25, 0.3) is 0 Å². The van der Waals surface area contributed by atoms with Gasteiger partial charge in [0.1, 0.15) is 6.07 Å². The lowest BCUT2D eigenvalue weighted by Gasteiger charge is -2.12. The van der Waals surface area contributed by atoms with Crippen LogP contribution in [0.15, 0.2) is 45.8 Å². The molecule has 8 heteroatoms. The molecule has 0 fully saturated rings. The summed E-state index contributed by atoms with van der Waals surface area (Å²) in [6.07, 6.45) is 0. The summed E-state index contributed by atoms with van der Waals surface area (Å²) in [6, 6.07) is 11.3. The van der Waals surface area contributed by atoms with Crippen LogP contribution in [0.3, 0.4) is 0 Å². The number of benzene rings is 2. The van der Waals surface area contributed by atoms with Crippen molar-refractivity contribution in [2.24, 2.45) is 5.14 Å². The van der Waals surface area contributed by atoms with E-state index in [9.17, 15) is 8.42 Å². The summed E-state index contributed by atoms with van der Waals surface area (Å²) in [5.41, 5.74) is 7.51. The lowest BCUT2D eigenvalue weighted by Crippen LogP contribution is -2.12. The van der Waals surface area contributed by atoms with Crippen LogP contribution in [0.4, 0.5) is 17.1 Å². The van der Waals surface area contributed by atoms with Gasteiger partial charge in [-0.3, -0.25) is 0 Å². The Balaban J connectivity index is 2.40. The molecule has 21 heavy (non-hydrogen) atoms. The number of nitrogens with zero attached hydrogens (tertiary/aromatic N) is 1. The third-order valence-corrected chi connectivity index (χ3v) is 4.13. The first-order chi connectivity index (χ1) is 9.81. The van der Waals surface area contributed by atoms with Gasteiger partial charge in [-0.25, -0.2) is 13.6 Å². The van der Waals surface area contributed by atoms with Gasteiger partial charge in [0.05, 0.1) is 27.5 Å². The Labute approximate surface area is 130 Å². The predicted octanol–water partition coefficient (Wildman–Crippen LogP) is 2.29. The minimum atomic E-state index is -3.80. The molecule has 0 aromatic heterocycles. The van der Waals surface area contributed by atoms with Crippen LogP contribution in [-0.2, 0) is 10.0 Å². The van der Waals surface area contributed by atoms with Crippen molar-refractivity contribution >= 4 is 43.0 Å². The standard InChI is InChI=1S/C13H11BrN4O2S/c14-9-1-3-12(8(5-9)7-15)18-13-4-2-10(6-11(13)16)21(17,19)20/h1-6,18H,16H2,(H2,17,19,20). The largest absolute Gasteiger partial charge is 0.397 e. The quantitative estimate of drug-likeness (QED) is 0.719. The van der Waals surface area contributed by atoms with Crippen molar-refractivity contribution in [3.05, 3.63) is 46.4 Å². The fourth-order valence-electron chi connectivity index (χ4n) is 1.69. The van der Waals surface area contributed by atoms with E-state index in [2.05, 4.69) is 27.3 Å². The van der Waals surface area contributed by atoms with Gasteiger partial charge in [0.15, 0.2) is 0 Å². The SMILES string of the molecule is N#Cc1cc(Br)ccc1Nc1ccc(S(N)(=O)=O)cc1N. The minimum Gasteiger partial charge on any atom is -0.397 e. The molecule has 108 valence electrons.